The van der Waals surface area contributed by atoms with Crippen molar-refractivity contribution >= 4 is 21.9 Å². The molecule has 8 heteroatoms. The highest BCUT2D eigenvalue weighted by Crippen LogP contribution is 2.25. The van der Waals surface area contributed by atoms with Gasteiger partial charge in [-0.3, -0.25) is 9.59 Å². The minimum Gasteiger partial charge on any atom is -0.481 e. The van der Waals surface area contributed by atoms with Crippen molar-refractivity contribution in [3.63, 3.8) is 0 Å². The molecule has 2 aliphatic rings. The Morgan fingerprint density at radius 3 is 2.42 bits per heavy atom. The molecular formula is C11H18N2O5S. The highest BCUT2D eigenvalue weighted by molar-refractivity contribution is 7.88. The predicted octanol–water partition coefficient (Wildman–Crippen LogP) is -0.656. The van der Waals surface area contributed by atoms with Crippen LogP contribution in [-0.2, 0) is 19.6 Å². The number of carboxylic acids is 1. The van der Waals surface area contributed by atoms with E-state index in [4.69, 9.17) is 5.11 Å². The topological polar surface area (TPSA) is 95.0 Å². The molecule has 2 unspecified atom stereocenters. The summed E-state index contributed by atoms with van der Waals surface area (Å²) in [5.74, 6) is -1.69. The number of likely N-dealkylation sites (tertiary alicyclic amines) is 1. The first-order valence-electron chi connectivity index (χ1n) is 6.29. The molecule has 0 saturated carbocycles. The van der Waals surface area contributed by atoms with E-state index in [1.54, 1.807) is 0 Å². The van der Waals surface area contributed by atoms with Crippen molar-refractivity contribution in [1.29, 1.82) is 0 Å². The third-order valence-electron chi connectivity index (χ3n) is 3.76. The first-order chi connectivity index (χ1) is 8.80. The van der Waals surface area contributed by atoms with Gasteiger partial charge in [0.05, 0.1) is 12.2 Å². The lowest BCUT2D eigenvalue weighted by Crippen LogP contribution is -2.46. The zero-order valence-corrected chi connectivity index (χ0v) is 11.6. The van der Waals surface area contributed by atoms with Gasteiger partial charge in [-0.2, -0.15) is 4.31 Å². The van der Waals surface area contributed by atoms with Crippen molar-refractivity contribution in [2.45, 2.75) is 25.3 Å². The molecule has 2 fully saturated rings. The molecule has 0 bridgehead atoms. The van der Waals surface area contributed by atoms with Crippen LogP contribution >= 0.6 is 0 Å². The Morgan fingerprint density at radius 1 is 1.21 bits per heavy atom. The molecule has 1 amide bonds. The Bertz CT molecular complexity index is 489. The summed E-state index contributed by atoms with van der Waals surface area (Å²) in [5.41, 5.74) is 0. The summed E-state index contributed by atoms with van der Waals surface area (Å²) in [6.07, 6.45) is 2.72. The van der Waals surface area contributed by atoms with Gasteiger partial charge >= 0.3 is 5.97 Å². The SMILES string of the molecule is CS(=O)(=O)N1CCCC1C(=O)N1CCC(C(=O)O)C1. The van der Waals surface area contributed by atoms with Crippen molar-refractivity contribution in [2.75, 3.05) is 25.9 Å². The molecule has 2 aliphatic heterocycles. The first-order valence-corrected chi connectivity index (χ1v) is 8.14. The van der Waals surface area contributed by atoms with Gasteiger partial charge in [-0.05, 0) is 19.3 Å². The van der Waals surface area contributed by atoms with Crippen LogP contribution < -0.4 is 0 Å². The van der Waals surface area contributed by atoms with Gasteiger partial charge in [-0.15, -0.1) is 0 Å². The fourth-order valence-electron chi connectivity index (χ4n) is 2.76. The standard InChI is InChI=1S/C11H18N2O5S/c1-19(17,18)13-5-2-3-9(13)10(14)12-6-4-8(7-12)11(15)16/h8-9H,2-7H2,1H3,(H,15,16). The van der Waals surface area contributed by atoms with E-state index in [0.29, 0.717) is 32.4 Å². The van der Waals surface area contributed by atoms with Crippen LogP contribution in [0.1, 0.15) is 19.3 Å². The summed E-state index contributed by atoms with van der Waals surface area (Å²) in [6, 6.07) is -0.650. The smallest absolute Gasteiger partial charge is 0.308 e. The minimum absolute atomic E-state index is 0.183. The van der Waals surface area contributed by atoms with Crippen molar-refractivity contribution < 1.29 is 23.1 Å². The zero-order chi connectivity index (χ0) is 14.2. The number of hydrogen-bond donors (Lipinski definition) is 1. The summed E-state index contributed by atoms with van der Waals surface area (Å²) in [4.78, 5) is 24.6. The fraction of sp³-hybridized carbons (Fsp3) is 0.818. The van der Waals surface area contributed by atoms with Crippen LogP contribution in [0.4, 0.5) is 0 Å². The molecule has 0 spiro atoms. The van der Waals surface area contributed by atoms with Crippen molar-refractivity contribution in [3.05, 3.63) is 0 Å². The molecule has 2 rings (SSSR count). The lowest BCUT2D eigenvalue weighted by Gasteiger charge is -2.26. The van der Waals surface area contributed by atoms with E-state index in [0.717, 1.165) is 6.26 Å². The maximum Gasteiger partial charge on any atom is 0.308 e. The van der Waals surface area contributed by atoms with Gasteiger partial charge in [0.15, 0.2) is 0 Å². The third-order valence-corrected chi connectivity index (χ3v) is 5.05. The quantitative estimate of drug-likeness (QED) is 0.745. The molecule has 0 aliphatic carbocycles. The average Bonchev–Trinajstić information content (AvgIpc) is 2.96. The number of carbonyl (C=O) groups excluding carboxylic acids is 1. The third kappa shape index (κ3) is 2.89. The summed E-state index contributed by atoms with van der Waals surface area (Å²) in [7, 11) is -3.39. The van der Waals surface area contributed by atoms with Gasteiger partial charge in [-0.25, -0.2) is 8.42 Å². The van der Waals surface area contributed by atoms with Crippen molar-refractivity contribution in [2.24, 2.45) is 5.92 Å². The maximum absolute atomic E-state index is 12.3. The molecule has 19 heavy (non-hydrogen) atoms. The monoisotopic (exact) mass is 290 g/mol. The number of carbonyl (C=O) groups is 2. The molecule has 7 nitrogen and oxygen atoms in total. The summed E-state index contributed by atoms with van der Waals surface area (Å²) < 4.78 is 24.4. The second-order valence-corrected chi connectivity index (χ2v) is 7.07. The summed E-state index contributed by atoms with van der Waals surface area (Å²) in [6.45, 7) is 0.942. The Hall–Kier alpha value is -1.15. The van der Waals surface area contributed by atoms with Crippen molar-refractivity contribution in [3.8, 4) is 0 Å². The number of aliphatic carboxylic acids is 1. The first kappa shape index (κ1) is 14.3. The molecule has 0 radical (unpaired) electrons. The Morgan fingerprint density at radius 2 is 1.89 bits per heavy atom. The summed E-state index contributed by atoms with van der Waals surface area (Å²) in [5, 5.41) is 8.92. The van der Waals surface area contributed by atoms with Gasteiger partial charge in [0.2, 0.25) is 15.9 Å². The van der Waals surface area contributed by atoms with Crippen LogP contribution in [0.2, 0.25) is 0 Å². The second kappa shape index (κ2) is 5.09. The molecule has 0 aromatic carbocycles. The van der Waals surface area contributed by atoms with E-state index in [-0.39, 0.29) is 12.5 Å². The second-order valence-electron chi connectivity index (χ2n) is 5.14. The molecule has 2 saturated heterocycles. The number of nitrogens with zero attached hydrogens (tertiary/aromatic N) is 2. The molecule has 2 heterocycles. The normalized spacial score (nSPS) is 28.8. The van der Waals surface area contributed by atoms with Crippen LogP contribution in [0.25, 0.3) is 0 Å². The molecule has 0 aromatic heterocycles. The van der Waals surface area contributed by atoms with Crippen LogP contribution in [-0.4, -0.2) is 66.5 Å². The predicted molar refractivity (Wildman–Crippen MR) is 66.9 cm³/mol. The number of amides is 1. The number of sulfonamides is 1. The Balaban J connectivity index is 2.06. The van der Waals surface area contributed by atoms with E-state index in [1.807, 2.05) is 0 Å². The van der Waals surface area contributed by atoms with Crippen molar-refractivity contribution in [1.82, 2.24) is 9.21 Å². The molecule has 2 atom stereocenters. The Kier molecular flexibility index (Phi) is 3.82. The number of hydrogen-bond acceptors (Lipinski definition) is 4. The summed E-state index contributed by atoms with van der Waals surface area (Å²) >= 11 is 0. The Labute approximate surface area is 112 Å². The maximum atomic E-state index is 12.3. The highest BCUT2D eigenvalue weighted by Gasteiger charge is 2.41. The van der Waals surface area contributed by atoms with Crippen LogP contribution in [0.5, 0.6) is 0 Å². The van der Waals surface area contributed by atoms with Gasteiger partial charge in [0.25, 0.3) is 0 Å². The highest BCUT2D eigenvalue weighted by atomic mass is 32.2. The van der Waals surface area contributed by atoms with E-state index in [2.05, 4.69) is 0 Å². The largest absolute Gasteiger partial charge is 0.481 e. The van der Waals surface area contributed by atoms with Crippen LogP contribution in [0.3, 0.4) is 0 Å². The average molecular weight is 290 g/mol. The van der Waals surface area contributed by atoms with E-state index in [9.17, 15) is 18.0 Å². The molecule has 0 aromatic rings. The van der Waals surface area contributed by atoms with Gasteiger partial charge in [-0.1, -0.05) is 0 Å². The number of carboxylic acid groups (broad SMARTS) is 1. The molecule has 108 valence electrons. The lowest BCUT2D eigenvalue weighted by molar-refractivity contribution is -0.141. The van der Waals surface area contributed by atoms with E-state index in [1.165, 1.54) is 9.21 Å². The fourth-order valence-corrected chi connectivity index (χ4v) is 3.88. The van der Waals surface area contributed by atoms with Gasteiger partial charge < -0.3 is 10.0 Å². The van der Waals surface area contributed by atoms with Crippen LogP contribution in [0, 0.1) is 5.92 Å². The van der Waals surface area contributed by atoms with Gasteiger partial charge in [0.1, 0.15) is 6.04 Å². The number of rotatable bonds is 3. The lowest BCUT2D eigenvalue weighted by atomic mass is 10.1. The molecule has 1 N–H and O–H groups in total. The molecular weight excluding hydrogens is 272 g/mol. The van der Waals surface area contributed by atoms with Crippen LogP contribution in [0.15, 0.2) is 0 Å². The zero-order valence-electron chi connectivity index (χ0n) is 10.8. The minimum atomic E-state index is -3.39. The van der Waals surface area contributed by atoms with Gasteiger partial charge in [0, 0.05) is 19.6 Å². The van der Waals surface area contributed by atoms with E-state index >= 15 is 0 Å². The van der Waals surface area contributed by atoms with E-state index < -0.39 is 28.0 Å².